The van der Waals surface area contributed by atoms with Crippen molar-refractivity contribution in [2.45, 2.75) is 51.5 Å². The summed E-state index contributed by atoms with van der Waals surface area (Å²) in [5.74, 6) is 0.853. The summed E-state index contributed by atoms with van der Waals surface area (Å²) in [5.41, 5.74) is 2.36. The van der Waals surface area contributed by atoms with Gasteiger partial charge >= 0.3 is 0 Å². The molecular weight excluding hydrogens is 316 g/mol. The molecule has 136 valence electrons. The second-order valence-electron chi connectivity index (χ2n) is 7.76. The van der Waals surface area contributed by atoms with E-state index in [1.165, 1.54) is 0 Å². The minimum atomic E-state index is 0.0654. The maximum absolute atomic E-state index is 12.2. The van der Waals surface area contributed by atoms with Crippen LogP contribution >= 0.6 is 0 Å². The molecule has 6 heteroatoms. The Balaban J connectivity index is 1.26. The van der Waals surface area contributed by atoms with Crippen molar-refractivity contribution in [3.05, 3.63) is 27.7 Å². The molecule has 6 nitrogen and oxygen atoms in total. The highest BCUT2D eigenvalue weighted by molar-refractivity contribution is 5.78. The Hall–Kier alpha value is -1.69. The third-order valence-electron chi connectivity index (χ3n) is 6.02. The van der Waals surface area contributed by atoms with Crippen molar-refractivity contribution in [1.82, 2.24) is 19.6 Å². The first-order valence-electron chi connectivity index (χ1n) is 9.79. The number of carbonyl (C=O) groups is 1. The lowest BCUT2D eigenvalue weighted by atomic mass is 9.97. The highest BCUT2D eigenvalue weighted by atomic mass is 16.2. The first kappa shape index (κ1) is 16.8. The molecule has 2 fully saturated rings. The third-order valence-corrected chi connectivity index (χ3v) is 6.02. The number of amides is 1. The number of aromatic nitrogens is 2. The monoisotopic (exact) mass is 344 g/mol. The van der Waals surface area contributed by atoms with Crippen LogP contribution in [0.4, 0.5) is 0 Å². The summed E-state index contributed by atoms with van der Waals surface area (Å²) < 4.78 is 1.70. The molecule has 0 spiro atoms. The molecule has 1 aliphatic carbocycles. The lowest BCUT2D eigenvalue weighted by Gasteiger charge is -2.33. The predicted molar refractivity (Wildman–Crippen MR) is 95.5 cm³/mol. The van der Waals surface area contributed by atoms with Crippen LogP contribution in [0.3, 0.4) is 0 Å². The summed E-state index contributed by atoms with van der Waals surface area (Å²) in [6.45, 7) is 5.66. The molecule has 0 bridgehead atoms. The molecule has 25 heavy (non-hydrogen) atoms. The van der Waals surface area contributed by atoms with Crippen LogP contribution in [0.25, 0.3) is 0 Å². The van der Waals surface area contributed by atoms with Gasteiger partial charge in [-0.2, -0.15) is 5.10 Å². The lowest BCUT2D eigenvalue weighted by molar-refractivity contribution is -0.127. The summed E-state index contributed by atoms with van der Waals surface area (Å²) in [6, 6.07) is 1.80. The Morgan fingerprint density at radius 1 is 1.00 bits per heavy atom. The second-order valence-corrected chi connectivity index (χ2v) is 7.76. The number of rotatable bonds is 5. The largest absolute Gasteiger partial charge is 0.341 e. The molecule has 0 aromatic carbocycles. The summed E-state index contributed by atoms with van der Waals surface area (Å²) in [6.07, 6.45) is 7.12. The van der Waals surface area contributed by atoms with Crippen molar-refractivity contribution in [2.24, 2.45) is 5.92 Å². The van der Waals surface area contributed by atoms with Gasteiger partial charge in [-0.15, -0.1) is 0 Å². The maximum atomic E-state index is 12.2. The number of piperidine rings is 1. The van der Waals surface area contributed by atoms with Crippen LogP contribution < -0.4 is 5.56 Å². The van der Waals surface area contributed by atoms with Gasteiger partial charge in [-0.05, 0) is 63.1 Å². The quantitative estimate of drug-likeness (QED) is 0.802. The zero-order valence-corrected chi connectivity index (χ0v) is 15.0. The molecule has 3 aliphatic rings. The van der Waals surface area contributed by atoms with Gasteiger partial charge in [0.2, 0.25) is 5.91 Å². The van der Waals surface area contributed by atoms with Crippen molar-refractivity contribution in [1.29, 1.82) is 0 Å². The van der Waals surface area contributed by atoms with Crippen molar-refractivity contribution >= 4 is 5.91 Å². The normalized spacial score (nSPS) is 21.9. The van der Waals surface area contributed by atoms with Crippen LogP contribution in [-0.4, -0.2) is 58.2 Å². The Kier molecular flexibility index (Phi) is 4.88. The number of carbonyl (C=O) groups excluding carboxylic acids is 1. The second kappa shape index (κ2) is 7.28. The van der Waals surface area contributed by atoms with E-state index >= 15 is 0 Å². The summed E-state index contributed by atoms with van der Waals surface area (Å²) in [5, 5.41) is 4.61. The van der Waals surface area contributed by atoms with Gasteiger partial charge in [0.25, 0.3) is 5.56 Å². The number of likely N-dealkylation sites (tertiary alicyclic amines) is 2. The zero-order valence-electron chi connectivity index (χ0n) is 15.0. The SMILES string of the molecule is O=C1CCCN1CCN1CCC(Cn2nc3c(cc2=O)CCC3)CC1. The van der Waals surface area contributed by atoms with Crippen LogP contribution in [0.2, 0.25) is 0 Å². The van der Waals surface area contributed by atoms with E-state index in [-0.39, 0.29) is 5.56 Å². The molecule has 0 saturated carbocycles. The standard InChI is InChI=1S/C19H28N4O2/c24-18-5-2-8-22(18)12-11-21-9-6-15(7-10-21)14-23-19(25)13-16-3-1-4-17(16)20-23/h13,15H,1-12,14H2. The molecule has 1 amide bonds. The van der Waals surface area contributed by atoms with E-state index in [1.54, 1.807) is 10.7 Å². The average molecular weight is 344 g/mol. The molecule has 0 atom stereocenters. The number of hydrogen-bond donors (Lipinski definition) is 0. The van der Waals surface area contributed by atoms with E-state index in [4.69, 9.17) is 0 Å². The molecule has 1 aromatic rings. The Morgan fingerprint density at radius 3 is 2.60 bits per heavy atom. The molecular formula is C19H28N4O2. The molecule has 0 unspecified atom stereocenters. The fourth-order valence-electron chi connectivity index (χ4n) is 4.41. The zero-order chi connectivity index (χ0) is 17.2. The van der Waals surface area contributed by atoms with Crippen molar-refractivity contribution in [3.8, 4) is 0 Å². The summed E-state index contributed by atoms with van der Waals surface area (Å²) >= 11 is 0. The van der Waals surface area contributed by atoms with E-state index in [0.717, 1.165) is 95.5 Å². The van der Waals surface area contributed by atoms with Gasteiger partial charge in [0.1, 0.15) is 0 Å². The maximum Gasteiger partial charge on any atom is 0.267 e. The average Bonchev–Trinajstić information content (AvgIpc) is 3.23. The summed E-state index contributed by atoms with van der Waals surface area (Å²) in [4.78, 5) is 28.4. The van der Waals surface area contributed by atoms with Gasteiger partial charge in [-0.25, -0.2) is 4.68 Å². The lowest BCUT2D eigenvalue weighted by Crippen LogP contribution is -2.41. The van der Waals surface area contributed by atoms with E-state index in [2.05, 4.69) is 10.00 Å². The van der Waals surface area contributed by atoms with Gasteiger partial charge in [-0.1, -0.05) is 0 Å². The van der Waals surface area contributed by atoms with E-state index in [0.29, 0.717) is 11.8 Å². The fourth-order valence-corrected chi connectivity index (χ4v) is 4.41. The van der Waals surface area contributed by atoms with Crippen LogP contribution in [0, 0.1) is 5.92 Å². The smallest absolute Gasteiger partial charge is 0.267 e. The third kappa shape index (κ3) is 3.78. The van der Waals surface area contributed by atoms with Crippen LogP contribution in [0.5, 0.6) is 0 Å². The fraction of sp³-hybridized carbons (Fsp3) is 0.737. The van der Waals surface area contributed by atoms with Crippen LogP contribution in [-0.2, 0) is 24.2 Å². The number of fused-ring (bicyclic) bond motifs is 1. The first-order valence-corrected chi connectivity index (χ1v) is 9.79. The van der Waals surface area contributed by atoms with Gasteiger partial charge in [-0.3, -0.25) is 9.59 Å². The van der Waals surface area contributed by atoms with Crippen molar-refractivity contribution in [2.75, 3.05) is 32.7 Å². The number of nitrogens with zero attached hydrogens (tertiary/aromatic N) is 4. The Bertz CT molecular complexity index is 691. The van der Waals surface area contributed by atoms with Crippen LogP contribution in [0.15, 0.2) is 10.9 Å². The van der Waals surface area contributed by atoms with E-state index < -0.39 is 0 Å². The van der Waals surface area contributed by atoms with E-state index in [9.17, 15) is 9.59 Å². The van der Waals surface area contributed by atoms with Crippen molar-refractivity contribution < 1.29 is 4.79 Å². The molecule has 3 heterocycles. The van der Waals surface area contributed by atoms with Crippen molar-refractivity contribution in [3.63, 3.8) is 0 Å². The molecule has 0 N–H and O–H groups in total. The minimum Gasteiger partial charge on any atom is -0.341 e. The Morgan fingerprint density at radius 2 is 1.84 bits per heavy atom. The van der Waals surface area contributed by atoms with E-state index in [1.807, 2.05) is 4.90 Å². The molecule has 1 aromatic heterocycles. The molecule has 2 aliphatic heterocycles. The minimum absolute atomic E-state index is 0.0654. The molecule has 0 radical (unpaired) electrons. The van der Waals surface area contributed by atoms with Gasteiger partial charge in [0.05, 0.1) is 5.69 Å². The highest BCUT2D eigenvalue weighted by Crippen LogP contribution is 2.20. The topological polar surface area (TPSA) is 58.4 Å². The van der Waals surface area contributed by atoms with Gasteiger partial charge < -0.3 is 9.80 Å². The molecule has 2 saturated heterocycles. The summed E-state index contributed by atoms with van der Waals surface area (Å²) in [7, 11) is 0. The van der Waals surface area contributed by atoms with Gasteiger partial charge in [0.15, 0.2) is 0 Å². The molecule has 4 rings (SSSR count). The van der Waals surface area contributed by atoms with Gasteiger partial charge in [0, 0.05) is 38.7 Å². The van der Waals surface area contributed by atoms with Crippen LogP contribution in [0.1, 0.15) is 43.4 Å². The predicted octanol–water partition coefficient (Wildman–Crippen LogP) is 1.07. The Labute approximate surface area is 148 Å². The number of hydrogen-bond acceptors (Lipinski definition) is 4. The number of aryl methyl sites for hydroxylation is 2. The first-order chi connectivity index (χ1) is 12.2. The highest BCUT2D eigenvalue weighted by Gasteiger charge is 2.24.